The van der Waals surface area contributed by atoms with Crippen molar-refractivity contribution in [1.29, 1.82) is 0 Å². The van der Waals surface area contributed by atoms with Crippen molar-refractivity contribution < 1.29 is 0 Å². The van der Waals surface area contributed by atoms with Gasteiger partial charge in [-0.3, -0.25) is 0 Å². The molecule has 1 aromatic carbocycles. The molecule has 7 heteroatoms. The fourth-order valence-electron chi connectivity index (χ4n) is 3.65. The molecule has 1 aliphatic rings. The zero-order valence-corrected chi connectivity index (χ0v) is 17.0. The van der Waals surface area contributed by atoms with Crippen LogP contribution in [0, 0.1) is 12.8 Å². The molecule has 0 radical (unpaired) electrons. The molecule has 0 spiro atoms. The van der Waals surface area contributed by atoms with Crippen LogP contribution in [0.1, 0.15) is 25.6 Å². The van der Waals surface area contributed by atoms with Crippen LogP contribution in [0.4, 0.5) is 11.5 Å². The summed E-state index contributed by atoms with van der Waals surface area (Å²) >= 11 is 6.67. The summed E-state index contributed by atoms with van der Waals surface area (Å²) in [5, 5.41) is 5.09. The second kappa shape index (κ2) is 7.00. The molecule has 0 bridgehead atoms. The number of nitrogens with zero attached hydrogens (tertiary/aromatic N) is 6. The zero-order valence-electron chi connectivity index (χ0n) is 16.3. The molecule has 1 saturated heterocycles. The summed E-state index contributed by atoms with van der Waals surface area (Å²) in [6, 6.07) is 8.41. The van der Waals surface area contributed by atoms with Crippen LogP contribution in [0.5, 0.6) is 0 Å². The van der Waals surface area contributed by atoms with Gasteiger partial charge in [0.15, 0.2) is 0 Å². The lowest BCUT2D eigenvalue weighted by Gasteiger charge is -2.33. The van der Waals surface area contributed by atoms with Crippen LogP contribution in [0.2, 0.25) is 5.15 Å². The third-order valence-corrected chi connectivity index (χ3v) is 5.55. The summed E-state index contributed by atoms with van der Waals surface area (Å²) < 4.78 is 1.85. The number of hydrogen-bond donors (Lipinski definition) is 0. The van der Waals surface area contributed by atoms with Crippen LogP contribution >= 0.6 is 11.6 Å². The molecule has 142 valence electrons. The summed E-state index contributed by atoms with van der Waals surface area (Å²) in [4.78, 5) is 13.4. The summed E-state index contributed by atoms with van der Waals surface area (Å²) in [5.41, 5.74) is 3.12. The first-order valence-corrected chi connectivity index (χ1v) is 9.77. The Labute approximate surface area is 164 Å². The zero-order chi connectivity index (χ0) is 19.1. The van der Waals surface area contributed by atoms with Gasteiger partial charge in [-0.05, 0) is 43.4 Å². The predicted molar refractivity (Wildman–Crippen MR) is 111 cm³/mol. The Morgan fingerprint density at radius 2 is 1.74 bits per heavy atom. The Morgan fingerprint density at radius 1 is 1.07 bits per heavy atom. The summed E-state index contributed by atoms with van der Waals surface area (Å²) in [6.45, 7) is 6.17. The highest BCUT2D eigenvalue weighted by molar-refractivity contribution is 6.33. The summed E-state index contributed by atoms with van der Waals surface area (Å²) in [5.74, 6) is 2.99. The van der Waals surface area contributed by atoms with E-state index in [9.17, 15) is 0 Å². The first-order valence-electron chi connectivity index (χ1n) is 9.39. The van der Waals surface area contributed by atoms with E-state index in [0.717, 1.165) is 54.5 Å². The Balaban J connectivity index is 1.90. The number of rotatable bonds is 3. The number of fused-ring (bicyclic) bond motifs is 1. The molecule has 6 nitrogen and oxygen atoms in total. The molecule has 0 N–H and O–H groups in total. The topological polar surface area (TPSA) is 49.6 Å². The molecule has 3 aromatic rings. The lowest BCUT2D eigenvalue weighted by molar-refractivity contribution is 0.435. The van der Waals surface area contributed by atoms with Gasteiger partial charge >= 0.3 is 0 Å². The lowest BCUT2D eigenvalue weighted by Crippen LogP contribution is -2.34. The van der Waals surface area contributed by atoms with Crippen molar-refractivity contribution in [1.82, 2.24) is 19.6 Å². The van der Waals surface area contributed by atoms with Gasteiger partial charge in [0.25, 0.3) is 5.78 Å². The van der Waals surface area contributed by atoms with Gasteiger partial charge < -0.3 is 9.80 Å². The Bertz CT molecular complexity index is 955. The van der Waals surface area contributed by atoms with Crippen LogP contribution in [-0.2, 0) is 0 Å². The van der Waals surface area contributed by atoms with Gasteiger partial charge in [0.2, 0.25) is 0 Å². The first-order chi connectivity index (χ1) is 12.9. The molecule has 27 heavy (non-hydrogen) atoms. The van der Waals surface area contributed by atoms with E-state index in [1.807, 2.05) is 25.5 Å². The van der Waals surface area contributed by atoms with Gasteiger partial charge in [0, 0.05) is 32.9 Å². The fraction of sp³-hybridized carbons (Fsp3) is 0.450. The van der Waals surface area contributed by atoms with Crippen LogP contribution in [-0.4, -0.2) is 46.8 Å². The van der Waals surface area contributed by atoms with Gasteiger partial charge in [0.05, 0.1) is 5.56 Å². The van der Waals surface area contributed by atoms with Crippen molar-refractivity contribution in [2.75, 3.05) is 37.0 Å². The number of aryl methyl sites for hydroxylation is 1. The van der Waals surface area contributed by atoms with Crippen molar-refractivity contribution in [3.63, 3.8) is 0 Å². The maximum Gasteiger partial charge on any atom is 0.255 e. The number of hydrogen-bond acceptors (Lipinski definition) is 5. The largest absolute Gasteiger partial charge is 0.378 e. The van der Waals surface area contributed by atoms with E-state index in [1.54, 1.807) is 0 Å². The molecule has 3 heterocycles. The molecule has 1 fully saturated rings. The smallest absolute Gasteiger partial charge is 0.255 e. The number of benzene rings is 1. The maximum absolute atomic E-state index is 6.67. The number of piperidine rings is 1. The second-order valence-electron chi connectivity index (χ2n) is 7.58. The fourth-order valence-corrected chi connectivity index (χ4v) is 3.92. The van der Waals surface area contributed by atoms with E-state index in [2.05, 4.69) is 56.1 Å². The summed E-state index contributed by atoms with van der Waals surface area (Å²) in [6.07, 6.45) is 2.32. The first kappa shape index (κ1) is 18.0. The van der Waals surface area contributed by atoms with Crippen LogP contribution in [0.3, 0.4) is 0 Å². The highest BCUT2D eigenvalue weighted by Crippen LogP contribution is 2.38. The van der Waals surface area contributed by atoms with E-state index in [4.69, 9.17) is 11.6 Å². The molecule has 4 rings (SSSR count). The molecule has 1 aliphatic heterocycles. The van der Waals surface area contributed by atoms with Crippen molar-refractivity contribution >= 4 is 28.9 Å². The van der Waals surface area contributed by atoms with Crippen molar-refractivity contribution in [2.45, 2.75) is 26.7 Å². The normalized spacial score (nSPS) is 15.5. The minimum atomic E-state index is 0.473. The minimum Gasteiger partial charge on any atom is -0.378 e. The summed E-state index contributed by atoms with van der Waals surface area (Å²) in [7, 11) is 4.07. The van der Waals surface area contributed by atoms with Crippen molar-refractivity contribution in [2.24, 2.45) is 5.92 Å². The number of halogens is 1. The second-order valence-corrected chi connectivity index (χ2v) is 7.94. The van der Waals surface area contributed by atoms with Crippen molar-refractivity contribution in [3.8, 4) is 11.1 Å². The van der Waals surface area contributed by atoms with Gasteiger partial charge in [0.1, 0.15) is 16.8 Å². The molecular weight excluding hydrogens is 360 g/mol. The van der Waals surface area contributed by atoms with Gasteiger partial charge in [-0.1, -0.05) is 30.7 Å². The molecule has 2 aromatic heterocycles. The van der Waals surface area contributed by atoms with E-state index >= 15 is 0 Å². The molecule has 0 atom stereocenters. The Hall–Kier alpha value is -2.34. The average Bonchev–Trinajstić information content (AvgIpc) is 3.01. The van der Waals surface area contributed by atoms with Gasteiger partial charge in [-0.2, -0.15) is 14.5 Å². The monoisotopic (exact) mass is 384 g/mol. The van der Waals surface area contributed by atoms with Crippen LogP contribution < -0.4 is 9.80 Å². The third kappa shape index (κ3) is 3.34. The van der Waals surface area contributed by atoms with E-state index in [-0.39, 0.29) is 0 Å². The maximum atomic E-state index is 6.67. The van der Waals surface area contributed by atoms with E-state index < -0.39 is 0 Å². The van der Waals surface area contributed by atoms with Crippen LogP contribution in [0.25, 0.3) is 16.9 Å². The number of anilines is 2. The standard InChI is InChI=1S/C20H25ClN6/c1-13-9-11-26(12-10-13)19-17(15-5-7-16(8-6-15)25(3)4)18(21)23-20-22-14(2)24-27(19)20/h5-8,13H,9-12H2,1-4H3. The molecular formula is C20H25ClN6. The van der Waals surface area contributed by atoms with Gasteiger partial charge in [-0.15, -0.1) is 5.10 Å². The SMILES string of the molecule is Cc1nc2nc(Cl)c(-c3ccc(N(C)C)cc3)c(N3CCC(C)CC3)n2n1. The van der Waals surface area contributed by atoms with Gasteiger partial charge in [-0.25, -0.2) is 0 Å². The molecule has 0 aliphatic carbocycles. The Morgan fingerprint density at radius 3 is 2.37 bits per heavy atom. The molecule has 0 amide bonds. The third-order valence-electron chi connectivity index (χ3n) is 5.28. The average molecular weight is 385 g/mol. The van der Waals surface area contributed by atoms with E-state index in [0.29, 0.717) is 16.8 Å². The lowest BCUT2D eigenvalue weighted by atomic mass is 9.98. The number of aromatic nitrogens is 4. The van der Waals surface area contributed by atoms with Crippen LogP contribution in [0.15, 0.2) is 24.3 Å². The Kier molecular flexibility index (Phi) is 4.68. The minimum absolute atomic E-state index is 0.473. The predicted octanol–water partition coefficient (Wildman–Crippen LogP) is 4.06. The highest BCUT2D eigenvalue weighted by atomic mass is 35.5. The molecule has 0 saturated carbocycles. The molecule has 0 unspecified atom stereocenters. The quantitative estimate of drug-likeness (QED) is 0.637. The van der Waals surface area contributed by atoms with Crippen molar-refractivity contribution in [3.05, 3.63) is 35.2 Å². The van der Waals surface area contributed by atoms with E-state index in [1.165, 1.54) is 0 Å². The highest BCUT2D eigenvalue weighted by Gasteiger charge is 2.25.